The molecule has 0 aromatic carbocycles. The van der Waals surface area contributed by atoms with Gasteiger partial charge in [-0.1, -0.05) is 6.92 Å². The lowest BCUT2D eigenvalue weighted by atomic mass is 10.1. The Morgan fingerprint density at radius 1 is 1.56 bits per heavy atom. The van der Waals surface area contributed by atoms with Crippen molar-refractivity contribution in [3.63, 3.8) is 0 Å². The van der Waals surface area contributed by atoms with Crippen LogP contribution >= 0.6 is 0 Å². The first-order chi connectivity index (χ1) is 8.41. The number of sulfone groups is 1. The van der Waals surface area contributed by atoms with Crippen LogP contribution in [0.1, 0.15) is 31.4 Å². The number of nitrogens with one attached hydrogen (secondary N) is 1. The van der Waals surface area contributed by atoms with Crippen molar-refractivity contribution in [1.29, 1.82) is 0 Å². The van der Waals surface area contributed by atoms with Crippen LogP contribution in [0, 0.1) is 0 Å². The second kappa shape index (κ2) is 6.17. The molecule has 0 aliphatic rings. The number of hydrogen-bond acceptors (Lipinski definition) is 6. The standard InChI is InChI=1S/C10H21N5O2S/c1-3-18(16,17)6-4-5-9(14-12)8-7-13-15(2)10(8)11/h7,9,14H,3-6,11-12H2,1-2H3. The first-order valence-corrected chi connectivity index (χ1v) is 7.67. The van der Waals surface area contributed by atoms with Gasteiger partial charge in [0.15, 0.2) is 0 Å². The van der Waals surface area contributed by atoms with Gasteiger partial charge in [0.25, 0.3) is 0 Å². The molecule has 0 saturated carbocycles. The number of hydrazine groups is 1. The number of nitrogens with two attached hydrogens (primary N) is 2. The van der Waals surface area contributed by atoms with E-state index in [9.17, 15) is 8.42 Å². The van der Waals surface area contributed by atoms with Crippen LogP contribution in [0.5, 0.6) is 0 Å². The van der Waals surface area contributed by atoms with Crippen molar-refractivity contribution in [3.05, 3.63) is 11.8 Å². The molecule has 0 aliphatic carbocycles. The van der Waals surface area contributed by atoms with Gasteiger partial charge >= 0.3 is 0 Å². The van der Waals surface area contributed by atoms with Gasteiger partial charge in [-0.2, -0.15) is 5.10 Å². The van der Waals surface area contributed by atoms with Gasteiger partial charge in [-0.25, -0.2) is 8.42 Å². The van der Waals surface area contributed by atoms with Crippen LogP contribution in [0.2, 0.25) is 0 Å². The Morgan fingerprint density at radius 2 is 2.22 bits per heavy atom. The first-order valence-electron chi connectivity index (χ1n) is 5.85. The zero-order chi connectivity index (χ0) is 13.8. The first kappa shape index (κ1) is 14.9. The molecule has 1 heterocycles. The van der Waals surface area contributed by atoms with E-state index in [4.69, 9.17) is 11.6 Å². The summed E-state index contributed by atoms with van der Waals surface area (Å²) in [6.07, 6.45) is 2.79. The molecule has 0 saturated heterocycles. The largest absolute Gasteiger partial charge is 0.384 e. The van der Waals surface area contributed by atoms with Crippen LogP contribution in [0.3, 0.4) is 0 Å². The summed E-state index contributed by atoms with van der Waals surface area (Å²) < 4.78 is 24.3. The average Bonchev–Trinajstić information content (AvgIpc) is 2.66. The van der Waals surface area contributed by atoms with E-state index in [1.165, 1.54) is 0 Å². The summed E-state index contributed by atoms with van der Waals surface area (Å²) in [5.74, 6) is 6.35. The maximum atomic E-state index is 11.4. The fourth-order valence-corrected chi connectivity index (χ4v) is 2.61. The second-order valence-corrected chi connectivity index (χ2v) is 6.68. The van der Waals surface area contributed by atoms with Crippen LogP contribution < -0.4 is 17.0 Å². The summed E-state index contributed by atoms with van der Waals surface area (Å²) in [5, 5.41) is 4.04. The van der Waals surface area contributed by atoms with Crippen molar-refractivity contribution >= 4 is 15.7 Å². The molecule has 1 aromatic rings. The molecule has 8 heteroatoms. The predicted octanol–water partition coefficient (Wildman–Crippen LogP) is -0.278. The van der Waals surface area contributed by atoms with E-state index in [0.717, 1.165) is 5.56 Å². The van der Waals surface area contributed by atoms with Gasteiger partial charge in [-0.05, 0) is 12.8 Å². The summed E-state index contributed by atoms with van der Waals surface area (Å²) >= 11 is 0. The van der Waals surface area contributed by atoms with E-state index in [-0.39, 0.29) is 17.5 Å². The Morgan fingerprint density at radius 3 is 2.67 bits per heavy atom. The molecule has 0 fully saturated rings. The molecule has 104 valence electrons. The fraction of sp³-hybridized carbons (Fsp3) is 0.700. The summed E-state index contributed by atoms with van der Waals surface area (Å²) in [5.41, 5.74) is 9.30. The molecule has 0 amide bonds. The highest BCUT2D eigenvalue weighted by molar-refractivity contribution is 7.91. The Labute approximate surface area is 107 Å². The quantitative estimate of drug-likeness (QED) is 0.465. The SMILES string of the molecule is CCS(=O)(=O)CCCC(NN)c1cnn(C)c1N. The molecular weight excluding hydrogens is 254 g/mol. The Bertz CT molecular complexity index is 482. The van der Waals surface area contributed by atoms with E-state index in [1.807, 2.05) is 0 Å². The highest BCUT2D eigenvalue weighted by Gasteiger charge is 2.17. The predicted molar refractivity (Wildman–Crippen MR) is 71.2 cm³/mol. The second-order valence-electron chi connectivity index (χ2n) is 4.21. The molecule has 18 heavy (non-hydrogen) atoms. The molecule has 1 atom stereocenters. The number of hydrogen-bond donors (Lipinski definition) is 3. The zero-order valence-corrected chi connectivity index (χ0v) is 11.6. The van der Waals surface area contributed by atoms with Crippen molar-refractivity contribution in [2.75, 3.05) is 17.2 Å². The minimum Gasteiger partial charge on any atom is -0.384 e. The molecule has 1 aromatic heterocycles. The van der Waals surface area contributed by atoms with Gasteiger partial charge in [0.1, 0.15) is 15.7 Å². The monoisotopic (exact) mass is 275 g/mol. The Balaban J connectivity index is 2.61. The molecule has 0 bridgehead atoms. The van der Waals surface area contributed by atoms with E-state index in [2.05, 4.69) is 10.5 Å². The fourth-order valence-electron chi connectivity index (χ4n) is 1.71. The van der Waals surface area contributed by atoms with Crippen molar-refractivity contribution in [3.8, 4) is 0 Å². The summed E-state index contributed by atoms with van der Waals surface area (Å²) in [4.78, 5) is 0. The highest BCUT2D eigenvalue weighted by Crippen LogP contribution is 2.23. The average molecular weight is 275 g/mol. The third-order valence-corrected chi connectivity index (χ3v) is 4.77. The van der Waals surface area contributed by atoms with Crippen LogP contribution in [0.15, 0.2) is 6.20 Å². The molecule has 0 aliphatic heterocycles. The van der Waals surface area contributed by atoms with Crippen molar-refractivity contribution in [1.82, 2.24) is 15.2 Å². The van der Waals surface area contributed by atoms with Gasteiger partial charge in [0.2, 0.25) is 0 Å². The molecule has 1 unspecified atom stereocenters. The van der Waals surface area contributed by atoms with Gasteiger partial charge in [-0.15, -0.1) is 0 Å². The molecule has 0 radical (unpaired) electrons. The lowest BCUT2D eigenvalue weighted by Gasteiger charge is -2.15. The van der Waals surface area contributed by atoms with Gasteiger partial charge in [-0.3, -0.25) is 16.0 Å². The summed E-state index contributed by atoms with van der Waals surface area (Å²) in [7, 11) is -1.19. The smallest absolute Gasteiger partial charge is 0.150 e. The lowest BCUT2D eigenvalue weighted by molar-refractivity contribution is 0.508. The zero-order valence-electron chi connectivity index (χ0n) is 10.8. The topological polar surface area (TPSA) is 116 Å². The third kappa shape index (κ3) is 3.69. The van der Waals surface area contributed by atoms with Crippen LogP contribution in [-0.4, -0.2) is 29.7 Å². The van der Waals surface area contributed by atoms with E-state index >= 15 is 0 Å². The molecule has 7 nitrogen and oxygen atoms in total. The van der Waals surface area contributed by atoms with Gasteiger partial charge in [0.05, 0.1) is 18.0 Å². The molecule has 0 spiro atoms. The van der Waals surface area contributed by atoms with Crippen molar-refractivity contribution in [2.24, 2.45) is 12.9 Å². The van der Waals surface area contributed by atoms with Gasteiger partial charge in [0, 0.05) is 18.4 Å². The Kier molecular flexibility index (Phi) is 5.12. The maximum Gasteiger partial charge on any atom is 0.150 e. The van der Waals surface area contributed by atoms with Crippen LogP contribution in [-0.2, 0) is 16.9 Å². The summed E-state index contributed by atoms with van der Waals surface area (Å²) in [6, 6.07) is -0.175. The molecular formula is C10H21N5O2S. The number of aryl methyl sites for hydroxylation is 1. The summed E-state index contributed by atoms with van der Waals surface area (Å²) in [6.45, 7) is 1.65. The highest BCUT2D eigenvalue weighted by atomic mass is 32.2. The van der Waals surface area contributed by atoms with E-state index in [0.29, 0.717) is 18.7 Å². The van der Waals surface area contributed by atoms with E-state index in [1.54, 1.807) is 24.9 Å². The maximum absolute atomic E-state index is 11.4. The van der Waals surface area contributed by atoms with Gasteiger partial charge < -0.3 is 5.73 Å². The normalized spacial score (nSPS) is 13.7. The molecule has 5 N–H and O–H groups in total. The number of nitrogens with zero attached hydrogens (tertiary/aromatic N) is 2. The van der Waals surface area contributed by atoms with Crippen molar-refractivity contribution in [2.45, 2.75) is 25.8 Å². The number of aromatic nitrogens is 2. The minimum absolute atomic E-state index is 0.168. The molecule has 1 rings (SSSR count). The third-order valence-electron chi connectivity index (χ3n) is 2.98. The number of anilines is 1. The minimum atomic E-state index is -2.93. The van der Waals surface area contributed by atoms with Crippen LogP contribution in [0.25, 0.3) is 0 Å². The number of rotatable bonds is 7. The Hall–Kier alpha value is -1.12. The van der Waals surface area contributed by atoms with Crippen molar-refractivity contribution < 1.29 is 8.42 Å². The lowest BCUT2D eigenvalue weighted by Crippen LogP contribution is -2.29. The van der Waals surface area contributed by atoms with Crippen LogP contribution in [0.4, 0.5) is 5.82 Å². The van der Waals surface area contributed by atoms with E-state index < -0.39 is 9.84 Å². The number of nitrogen functional groups attached to an aromatic ring is 1.